The van der Waals surface area contributed by atoms with Crippen LogP contribution in [-0.4, -0.2) is 18.6 Å². The van der Waals surface area contributed by atoms with Crippen molar-refractivity contribution in [1.29, 1.82) is 0 Å². The van der Waals surface area contributed by atoms with Crippen molar-refractivity contribution in [3.63, 3.8) is 0 Å². The minimum absolute atomic E-state index is 0.00143. The fourth-order valence-corrected chi connectivity index (χ4v) is 2.38. The Morgan fingerprint density at radius 2 is 1.75 bits per heavy atom. The Balaban J connectivity index is 1.88. The van der Waals surface area contributed by atoms with Gasteiger partial charge in [-0.2, -0.15) is 0 Å². The van der Waals surface area contributed by atoms with E-state index in [1.54, 1.807) is 0 Å². The Labute approximate surface area is 144 Å². The summed E-state index contributed by atoms with van der Waals surface area (Å²) in [6.45, 7) is 8.60. The van der Waals surface area contributed by atoms with E-state index >= 15 is 0 Å². The minimum Gasteiger partial charge on any atom is -0.489 e. The second kappa shape index (κ2) is 8.39. The molecule has 1 amide bonds. The van der Waals surface area contributed by atoms with E-state index < -0.39 is 0 Å². The van der Waals surface area contributed by atoms with Gasteiger partial charge in [0.25, 0.3) is 0 Å². The van der Waals surface area contributed by atoms with Crippen molar-refractivity contribution in [1.82, 2.24) is 0 Å². The van der Waals surface area contributed by atoms with Crippen LogP contribution in [0.15, 0.2) is 42.5 Å². The molecule has 4 nitrogen and oxygen atoms in total. The predicted octanol–water partition coefficient (Wildman–Crippen LogP) is 4.53. The lowest BCUT2D eigenvalue weighted by Crippen LogP contribution is -2.17. The van der Waals surface area contributed by atoms with Crippen LogP contribution >= 0.6 is 0 Å². The number of amides is 1. The molecule has 0 radical (unpaired) electrons. The number of hydrogen-bond donors (Lipinski definition) is 2. The molecule has 0 saturated heterocycles. The van der Waals surface area contributed by atoms with Gasteiger partial charge in [-0.05, 0) is 57.0 Å². The lowest BCUT2D eigenvalue weighted by Gasteiger charge is -2.15. The van der Waals surface area contributed by atoms with E-state index in [2.05, 4.69) is 10.6 Å². The third-order valence-electron chi connectivity index (χ3n) is 3.80. The van der Waals surface area contributed by atoms with Gasteiger partial charge in [0.15, 0.2) is 0 Å². The van der Waals surface area contributed by atoms with E-state index in [-0.39, 0.29) is 12.0 Å². The Hall–Kier alpha value is -2.49. The highest BCUT2D eigenvalue weighted by atomic mass is 16.5. The van der Waals surface area contributed by atoms with Gasteiger partial charge in [-0.3, -0.25) is 4.79 Å². The summed E-state index contributed by atoms with van der Waals surface area (Å²) in [4.78, 5) is 12.1. The van der Waals surface area contributed by atoms with Crippen molar-refractivity contribution in [3.05, 3.63) is 53.6 Å². The van der Waals surface area contributed by atoms with E-state index in [0.717, 1.165) is 22.7 Å². The van der Waals surface area contributed by atoms with Crippen molar-refractivity contribution in [3.8, 4) is 5.75 Å². The first-order valence-corrected chi connectivity index (χ1v) is 8.33. The van der Waals surface area contributed by atoms with E-state index in [4.69, 9.17) is 4.74 Å². The van der Waals surface area contributed by atoms with Crippen LogP contribution in [0.3, 0.4) is 0 Å². The number of benzene rings is 2. The van der Waals surface area contributed by atoms with Gasteiger partial charge in [0.1, 0.15) is 5.75 Å². The van der Waals surface area contributed by atoms with Crippen molar-refractivity contribution in [2.45, 2.75) is 40.2 Å². The summed E-state index contributed by atoms with van der Waals surface area (Å²) in [5, 5.41) is 6.25. The average molecular weight is 326 g/mol. The molecule has 0 fully saturated rings. The molecule has 0 aliphatic rings. The maximum Gasteiger partial charge on any atom is 0.226 e. The first kappa shape index (κ1) is 17.9. The summed E-state index contributed by atoms with van der Waals surface area (Å²) in [6.07, 6.45) is 0.504. The summed E-state index contributed by atoms with van der Waals surface area (Å²) < 4.78 is 5.76. The third kappa shape index (κ3) is 5.01. The number of carbonyl (C=O) groups excluding carboxylic acids is 1. The Bertz CT molecular complexity index is 696. The van der Waals surface area contributed by atoms with Gasteiger partial charge in [-0.15, -0.1) is 0 Å². The molecule has 2 rings (SSSR count). The quantitative estimate of drug-likeness (QED) is 0.786. The maximum absolute atomic E-state index is 12.1. The van der Waals surface area contributed by atoms with Crippen LogP contribution in [0, 0.1) is 13.8 Å². The number of nitrogens with one attached hydrogen (secondary N) is 2. The SMILES string of the molecule is Cc1cccc(NC(=O)CCNc2ccccc2OC(C)C)c1C. The number of hydrogen-bond acceptors (Lipinski definition) is 3. The molecular formula is C20H26N2O2. The molecule has 2 aromatic carbocycles. The Kier molecular flexibility index (Phi) is 6.24. The van der Waals surface area contributed by atoms with E-state index in [0.29, 0.717) is 13.0 Å². The average Bonchev–Trinajstić information content (AvgIpc) is 2.53. The molecule has 0 atom stereocenters. The van der Waals surface area contributed by atoms with Gasteiger partial charge in [-0.1, -0.05) is 24.3 Å². The molecule has 0 aliphatic carbocycles. The predicted molar refractivity (Wildman–Crippen MR) is 99.9 cm³/mol. The lowest BCUT2D eigenvalue weighted by molar-refractivity contribution is -0.115. The highest BCUT2D eigenvalue weighted by Gasteiger charge is 2.08. The van der Waals surface area contributed by atoms with Crippen molar-refractivity contribution in [2.75, 3.05) is 17.2 Å². The molecule has 0 aromatic heterocycles. The molecule has 0 saturated carbocycles. The first-order chi connectivity index (χ1) is 11.5. The monoisotopic (exact) mass is 326 g/mol. The molecule has 4 heteroatoms. The molecule has 2 aromatic rings. The second-order valence-electron chi connectivity index (χ2n) is 6.14. The van der Waals surface area contributed by atoms with E-state index in [1.807, 2.05) is 70.2 Å². The van der Waals surface area contributed by atoms with Crippen molar-refractivity contribution < 1.29 is 9.53 Å². The van der Waals surface area contributed by atoms with Crippen LogP contribution in [0.25, 0.3) is 0 Å². The molecule has 0 spiro atoms. The highest BCUT2D eigenvalue weighted by molar-refractivity contribution is 5.92. The molecule has 2 N–H and O–H groups in total. The van der Waals surface area contributed by atoms with Crippen LogP contribution in [0.2, 0.25) is 0 Å². The van der Waals surface area contributed by atoms with Gasteiger partial charge >= 0.3 is 0 Å². The van der Waals surface area contributed by atoms with Gasteiger partial charge in [0, 0.05) is 18.7 Å². The van der Waals surface area contributed by atoms with E-state index in [1.165, 1.54) is 5.56 Å². The van der Waals surface area contributed by atoms with Gasteiger partial charge < -0.3 is 15.4 Å². The maximum atomic E-state index is 12.1. The lowest BCUT2D eigenvalue weighted by atomic mass is 10.1. The zero-order valence-electron chi connectivity index (χ0n) is 14.8. The molecule has 0 heterocycles. The normalized spacial score (nSPS) is 10.5. The number of rotatable bonds is 7. The van der Waals surface area contributed by atoms with Crippen LogP contribution in [0.4, 0.5) is 11.4 Å². The summed E-state index contributed by atoms with van der Waals surface area (Å²) in [6, 6.07) is 13.7. The van der Waals surface area contributed by atoms with Crippen LogP contribution in [0.1, 0.15) is 31.4 Å². The fraction of sp³-hybridized carbons (Fsp3) is 0.350. The smallest absolute Gasteiger partial charge is 0.226 e. The second-order valence-corrected chi connectivity index (χ2v) is 6.14. The summed E-state index contributed by atoms with van der Waals surface area (Å²) in [5.74, 6) is 0.806. The van der Waals surface area contributed by atoms with Crippen LogP contribution < -0.4 is 15.4 Å². The summed E-state index contributed by atoms with van der Waals surface area (Å²) in [7, 11) is 0. The molecule has 0 aliphatic heterocycles. The molecule has 24 heavy (non-hydrogen) atoms. The summed E-state index contributed by atoms with van der Waals surface area (Å²) in [5.41, 5.74) is 4.06. The van der Waals surface area contributed by atoms with Gasteiger partial charge in [0.2, 0.25) is 5.91 Å². The zero-order chi connectivity index (χ0) is 17.5. The minimum atomic E-state index is -0.00143. The fourth-order valence-electron chi connectivity index (χ4n) is 2.38. The van der Waals surface area contributed by atoms with E-state index in [9.17, 15) is 4.79 Å². The summed E-state index contributed by atoms with van der Waals surface area (Å²) >= 11 is 0. The molecule has 128 valence electrons. The zero-order valence-corrected chi connectivity index (χ0v) is 14.8. The van der Waals surface area contributed by atoms with Gasteiger partial charge in [-0.25, -0.2) is 0 Å². The molecular weight excluding hydrogens is 300 g/mol. The van der Waals surface area contributed by atoms with Gasteiger partial charge in [0.05, 0.1) is 11.8 Å². The standard InChI is InChI=1S/C20H26N2O2/c1-14(2)24-19-11-6-5-9-18(19)21-13-12-20(23)22-17-10-7-8-15(3)16(17)4/h5-11,14,21H,12-13H2,1-4H3,(H,22,23). The van der Waals surface area contributed by atoms with Crippen LogP contribution in [-0.2, 0) is 4.79 Å². The largest absolute Gasteiger partial charge is 0.489 e. The number of anilines is 2. The first-order valence-electron chi connectivity index (χ1n) is 8.33. The number of ether oxygens (including phenoxy) is 1. The Morgan fingerprint density at radius 1 is 1.04 bits per heavy atom. The topological polar surface area (TPSA) is 50.4 Å². The third-order valence-corrected chi connectivity index (χ3v) is 3.80. The van der Waals surface area contributed by atoms with Crippen LogP contribution in [0.5, 0.6) is 5.75 Å². The number of aryl methyl sites for hydroxylation is 1. The van der Waals surface area contributed by atoms with Crippen molar-refractivity contribution in [2.24, 2.45) is 0 Å². The number of carbonyl (C=O) groups is 1. The molecule has 0 bridgehead atoms. The molecule has 0 unspecified atom stereocenters. The Morgan fingerprint density at radius 3 is 2.50 bits per heavy atom. The number of para-hydroxylation sites is 2. The van der Waals surface area contributed by atoms with Crippen molar-refractivity contribution >= 4 is 17.3 Å². The highest BCUT2D eigenvalue weighted by Crippen LogP contribution is 2.24.